The Morgan fingerprint density at radius 3 is 2.62 bits per heavy atom. The lowest BCUT2D eigenvalue weighted by Gasteiger charge is -2.16. The highest BCUT2D eigenvalue weighted by atomic mass is 32.1. The SMILES string of the molecule is COC(=O)c1ccc(CN(C)Cn2nc(Nc3ccccc3OC)sc2=S)cc1. The molecule has 3 rings (SSSR count). The number of hydrogen-bond donors (Lipinski definition) is 1. The van der Waals surface area contributed by atoms with E-state index in [9.17, 15) is 4.79 Å². The second kappa shape index (κ2) is 9.64. The highest BCUT2D eigenvalue weighted by Gasteiger charge is 2.10. The van der Waals surface area contributed by atoms with Crippen LogP contribution in [0.15, 0.2) is 48.5 Å². The molecule has 3 aromatic rings. The van der Waals surface area contributed by atoms with Gasteiger partial charge in [0.25, 0.3) is 0 Å². The lowest BCUT2D eigenvalue weighted by Crippen LogP contribution is -2.22. The molecule has 152 valence electrons. The molecule has 29 heavy (non-hydrogen) atoms. The van der Waals surface area contributed by atoms with Gasteiger partial charge in [-0.25, -0.2) is 9.48 Å². The molecule has 2 aromatic carbocycles. The highest BCUT2D eigenvalue weighted by molar-refractivity contribution is 7.73. The van der Waals surface area contributed by atoms with Gasteiger partial charge in [-0.15, -0.1) is 5.10 Å². The summed E-state index contributed by atoms with van der Waals surface area (Å²) in [6.45, 7) is 1.23. The molecule has 7 nitrogen and oxygen atoms in total. The van der Waals surface area contributed by atoms with Crippen molar-refractivity contribution in [3.8, 4) is 5.75 Å². The molecule has 9 heteroatoms. The Morgan fingerprint density at radius 2 is 1.93 bits per heavy atom. The van der Waals surface area contributed by atoms with E-state index in [1.54, 1.807) is 23.9 Å². The van der Waals surface area contributed by atoms with Crippen LogP contribution in [0.25, 0.3) is 0 Å². The van der Waals surface area contributed by atoms with Gasteiger partial charge in [-0.2, -0.15) is 0 Å². The van der Waals surface area contributed by atoms with Crippen molar-refractivity contribution in [3.63, 3.8) is 0 Å². The number of anilines is 2. The first-order valence-electron chi connectivity index (χ1n) is 8.84. The maximum Gasteiger partial charge on any atom is 0.337 e. The Bertz CT molecular complexity index is 1030. The molecule has 0 aliphatic rings. The standard InChI is InChI=1S/C20H22N4O3S2/c1-23(12-14-8-10-15(11-9-14)18(25)27-3)13-24-20(28)29-19(22-24)21-16-6-4-5-7-17(16)26-2/h4-11H,12-13H2,1-3H3,(H,21,22). The number of rotatable bonds is 8. The van der Waals surface area contributed by atoms with Crippen LogP contribution in [-0.2, 0) is 18.0 Å². The normalized spacial score (nSPS) is 10.8. The van der Waals surface area contributed by atoms with E-state index in [1.807, 2.05) is 43.4 Å². The molecule has 1 N–H and O–H groups in total. The van der Waals surface area contributed by atoms with E-state index in [4.69, 9.17) is 21.7 Å². The molecule has 1 heterocycles. The van der Waals surface area contributed by atoms with E-state index in [2.05, 4.69) is 15.3 Å². The molecule has 0 saturated heterocycles. The molecule has 0 aliphatic carbocycles. The van der Waals surface area contributed by atoms with Crippen LogP contribution in [0.5, 0.6) is 5.75 Å². The van der Waals surface area contributed by atoms with E-state index in [-0.39, 0.29) is 5.97 Å². The molecule has 0 spiro atoms. The van der Waals surface area contributed by atoms with Gasteiger partial charge in [-0.3, -0.25) is 4.90 Å². The van der Waals surface area contributed by atoms with Gasteiger partial charge in [0, 0.05) is 6.54 Å². The third kappa shape index (κ3) is 5.41. The van der Waals surface area contributed by atoms with Crippen LogP contribution < -0.4 is 10.1 Å². The zero-order chi connectivity index (χ0) is 20.8. The van der Waals surface area contributed by atoms with Crippen LogP contribution in [-0.4, -0.2) is 41.9 Å². The summed E-state index contributed by atoms with van der Waals surface area (Å²) in [6, 6.07) is 15.0. The van der Waals surface area contributed by atoms with E-state index in [0.29, 0.717) is 27.9 Å². The number of nitrogens with one attached hydrogen (secondary N) is 1. The maximum absolute atomic E-state index is 11.5. The average molecular weight is 431 g/mol. The topological polar surface area (TPSA) is 68.6 Å². The monoisotopic (exact) mass is 430 g/mol. The van der Waals surface area contributed by atoms with Gasteiger partial charge in [0.2, 0.25) is 5.13 Å². The van der Waals surface area contributed by atoms with Crippen LogP contribution >= 0.6 is 23.6 Å². The predicted octanol–water partition coefficient (Wildman–Crippen LogP) is 4.30. The number of hydrogen-bond acceptors (Lipinski definition) is 8. The first-order valence-corrected chi connectivity index (χ1v) is 10.1. The first kappa shape index (κ1) is 21.0. The van der Waals surface area contributed by atoms with Crippen molar-refractivity contribution >= 4 is 40.3 Å². The van der Waals surface area contributed by atoms with Crippen molar-refractivity contribution < 1.29 is 14.3 Å². The fourth-order valence-corrected chi connectivity index (χ4v) is 3.77. The van der Waals surface area contributed by atoms with Crippen molar-refractivity contribution in [2.24, 2.45) is 0 Å². The van der Waals surface area contributed by atoms with Crippen LogP contribution in [0, 0.1) is 3.95 Å². The summed E-state index contributed by atoms with van der Waals surface area (Å²) in [6.07, 6.45) is 0. The first-order chi connectivity index (χ1) is 14.0. The van der Waals surface area contributed by atoms with Crippen molar-refractivity contribution in [2.45, 2.75) is 13.2 Å². The number of para-hydroxylation sites is 2. The Morgan fingerprint density at radius 1 is 1.21 bits per heavy atom. The number of carbonyl (C=O) groups is 1. The number of benzene rings is 2. The molecule has 1 aromatic heterocycles. The van der Waals surface area contributed by atoms with E-state index >= 15 is 0 Å². The Kier molecular flexibility index (Phi) is 6.97. The van der Waals surface area contributed by atoms with Crippen molar-refractivity contribution in [1.82, 2.24) is 14.7 Å². The molecular weight excluding hydrogens is 408 g/mol. The molecule has 0 radical (unpaired) electrons. The molecular formula is C20H22N4O3S2. The fourth-order valence-electron chi connectivity index (χ4n) is 2.76. The molecule has 0 saturated carbocycles. The van der Waals surface area contributed by atoms with Crippen LogP contribution in [0.3, 0.4) is 0 Å². The number of methoxy groups -OCH3 is 2. The van der Waals surface area contributed by atoms with Crippen LogP contribution in [0.2, 0.25) is 0 Å². The van der Waals surface area contributed by atoms with Crippen molar-refractivity contribution in [2.75, 3.05) is 26.6 Å². The summed E-state index contributed by atoms with van der Waals surface area (Å²) in [4.78, 5) is 13.6. The Labute approximate surface area is 178 Å². The quantitative estimate of drug-likeness (QED) is 0.422. The van der Waals surface area contributed by atoms with E-state index in [1.165, 1.54) is 18.4 Å². The summed E-state index contributed by atoms with van der Waals surface area (Å²) in [5.41, 5.74) is 2.45. The van der Waals surface area contributed by atoms with Gasteiger partial charge in [0.15, 0.2) is 3.95 Å². The predicted molar refractivity (Wildman–Crippen MR) is 116 cm³/mol. The summed E-state index contributed by atoms with van der Waals surface area (Å²) in [7, 11) is 4.99. The van der Waals surface area contributed by atoms with Gasteiger partial charge in [-0.1, -0.05) is 35.6 Å². The Balaban J connectivity index is 1.64. The largest absolute Gasteiger partial charge is 0.495 e. The number of esters is 1. The second-order valence-corrected chi connectivity index (χ2v) is 7.96. The molecule has 0 atom stereocenters. The van der Waals surface area contributed by atoms with Crippen molar-refractivity contribution in [1.29, 1.82) is 0 Å². The summed E-state index contributed by atoms with van der Waals surface area (Å²) >= 11 is 6.87. The minimum absolute atomic E-state index is 0.339. The van der Waals surface area contributed by atoms with Crippen LogP contribution in [0.4, 0.5) is 10.8 Å². The Hall–Kier alpha value is -2.75. The van der Waals surface area contributed by atoms with Crippen LogP contribution in [0.1, 0.15) is 15.9 Å². The van der Waals surface area contributed by atoms with E-state index < -0.39 is 0 Å². The molecule has 0 amide bonds. The average Bonchev–Trinajstić information content (AvgIpc) is 3.06. The summed E-state index contributed by atoms with van der Waals surface area (Å²) < 4.78 is 12.5. The fraction of sp³-hybridized carbons (Fsp3) is 0.250. The van der Waals surface area contributed by atoms with Gasteiger partial charge < -0.3 is 14.8 Å². The number of ether oxygens (including phenoxy) is 2. The molecule has 0 unspecified atom stereocenters. The van der Waals surface area contributed by atoms with Gasteiger partial charge in [0.05, 0.1) is 32.1 Å². The van der Waals surface area contributed by atoms with Crippen molar-refractivity contribution in [3.05, 3.63) is 63.6 Å². The minimum Gasteiger partial charge on any atom is -0.495 e. The third-order valence-corrected chi connectivity index (χ3v) is 5.38. The zero-order valence-corrected chi connectivity index (χ0v) is 18.0. The summed E-state index contributed by atoms with van der Waals surface area (Å²) in [5.74, 6) is 0.404. The van der Waals surface area contributed by atoms with E-state index in [0.717, 1.165) is 17.0 Å². The smallest absolute Gasteiger partial charge is 0.337 e. The molecule has 0 fully saturated rings. The minimum atomic E-state index is -0.339. The maximum atomic E-state index is 11.5. The van der Waals surface area contributed by atoms with Gasteiger partial charge in [0.1, 0.15) is 5.75 Å². The zero-order valence-electron chi connectivity index (χ0n) is 16.4. The number of aromatic nitrogens is 2. The highest BCUT2D eigenvalue weighted by Crippen LogP contribution is 2.28. The molecule has 0 bridgehead atoms. The van der Waals surface area contributed by atoms with Gasteiger partial charge >= 0.3 is 5.97 Å². The van der Waals surface area contributed by atoms with Gasteiger partial charge in [-0.05, 0) is 49.1 Å². The molecule has 0 aliphatic heterocycles. The lowest BCUT2D eigenvalue weighted by atomic mass is 10.1. The summed E-state index contributed by atoms with van der Waals surface area (Å²) in [5, 5.41) is 8.54. The lowest BCUT2D eigenvalue weighted by molar-refractivity contribution is 0.0600. The third-order valence-electron chi connectivity index (χ3n) is 4.16. The number of nitrogens with zero attached hydrogens (tertiary/aromatic N) is 3. The second-order valence-electron chi connectivity index (χ2n) is 6.34. The number of carbonyl (C=O) groups excluding carboxylic acids is 1.